The number of aromatic nitrogens is 2. The fourth-order valence-electron chi connectivity index (χ4n) is 2.73. The van der Waals surface area contributed by atoms with Crippen molar-refractivity contribution in [2.45, 2.75) is 13.8 Å². The van der Waals surface area contributed by atoms with Crippen molar-refractivity contribution >= 4 is 17.4 Å². The Morgan fingerprint density at radius 2 is 1.68 bits per heavy atom. The Morgan fingerprint density at radius 1 is 0.964 bits per heavy atom. The van der Waals surface area contributed by atoms with Crippen molar-refractivity contribution in [1.29, 1.82) is 0 Å². The van der Waals surface area contributed by atoms with Crippen molar-refractivity contribution in [3.8, 4) is 11.4 Å². The van der Waals surface area contributed by atoms with E-state index in [1.807, 2.05) is 44.2 Å². The van der Waals surface area contributed by atoms with E-state index in [4.69, 9.17) is 0 Å². The minimum Gasteiger partial charge on any atom is -0.340 e. The highest BCUT2D eigenvalue weighted by Gasteiger charge is 2.17. The maximum atomic E-state index is 13.5. The highest BCUT2D eigenvalue weighted by molar-refractivity contribution is 5.93. The number of carbonyl (C=O) groups is 1. The third-order valence-corrected chi connectivity index (χ3v) is 4.22. The second kappa shape index (κ2) is 8.56. The summed E-state index contributed by atoms with van der Waals surface area (Å²) >= 11 is 0. The number of hydrogen-bond acceptors (Lipinski definition) is 4. The highest BCUT2D eigenvalue weighted by atomic mass is 19.2. The molecule has 0 saturated heterocycles. The molecule has 1 aromatic heterocycles. The lowest BCUT2D eigenvalue weighted by Gasteiger charge is -2.19. The molecule has 0 radical (unpaired) electrons. The lowest BCUT2D eigenvalue weighted by atomic mass is 10.2. The number of benzene rings is 2. The summed E-state index contributed by atoms with van der Waals surface area (Å²) in [7, 11) is 0. The number of hydrogen-bond donors (Lipinski definition) is 1. The molecule has 0 aliphatic carbocycles. The topological polar surface area (TPSA) is 58.1 Å². The Kier molecular flexibility index (Phi) is 5.93. The number of carbonyl (C=O) groups excluding carboxylic acids is 1. The lowest BCUT2D eigenvalue weighted by molar-refractivity contribution is 0.0767. The summed E-state index contributed by atoms with van der Waals surface area (Å²) in [5, 5.41) is 2.92. The summed E-state index contributed by atoms with van der Waals surface area (Å²) in [6.07, 6.45) is 0. The summed E-state index contributed by atoms with van der Waals surface area (Å²) in [6, 6.07) is 14.2. The van der Waals surface area contributed by atoms with Crippen molar-refractivity contribution in [2.24, 2.45) is 0 Å². The van der Waals surface area contributed by atoms with Crippen molar-refractivity contribution in [3.05, 3.63) is 71.9 Å². The Morgan fingerprint density at radius 3 is 2.32 bits per heavy atom. The molecule has 0 saturated carbocycles. The summed E-state index contributed by atoms with van der Waals surface area (Å²) < 4.78 is 26.7. The molecule has 28 heavy (non-hydrogen) atoms. The molecular weight excluding hydrogens is 362 g/mol. The van der Waals surface area contributed by atoms with Gasteiger partial charge in [0.15, 0.2) is 17.5 Å². The molecule has 2 aromatic carbocycles. The Bertz CT molecular complexity index is 975. The minimum atomic E-state index is -0.971. The van der Waals surface area contributed by atoms with Crippen LogP contribution in [0.3, 0.4) is 0 Å². The van der Waals surface area contributed by atoms with Crippen LogP contribution in [-0.4, -0.2) is 33.9 Å². The molecule has 0 fully saturated rings. The zero-order chi connectivity index (χ0) is 20.1. The van der Waals surface area contributed by atoms with E-state index in [0.29, 0.717) is 30.4 Å². The fourth-order valence-corrected chi connectivity index (χ4v) is 2.73. The maximum absolute atomic E-state index is 13.5. The number of rotatable bonds is 6. The van der Waals surface area contributed by atoms with E-state index in [0.717, 1.165) is 17.7 Å². The minimum absolute atomic E-state index is 0.224. The second-order valence-corrected chi connectivity index (χ2v) is 6.06. The van der Waals surface area contributed by atoms with Gasteiger partial charge >= 0.3 is 0 Å². The molecule has 1 N–H and O–H groups in total. The van der Waals surface area contributed by atoms with Gasteiger partial charge in [0.2, 0.25) is 0 Å². The highest BCUT2D eigenvalue weighted by Crippen LogP contribution is 2.22. The van der Waals surface area contributed by atoms with E-state index in [2.05, 4.69) is 15.3 Å². The van der Waals surface area contributed by atoms with E-state index in [1.165, 1.54) is 12.1 Å². The summed E-state index contributed by atoms with van der Waals surface area (Å²) in [5.74, 6) is -1.45. The van der Waals surface area contributed by atoms with Crippen LogP contribution in [0.2, 0.25) is 0 Å². The molecule has 1 amide bonds. The van der Waals surface area contributed by atoms with Gasteiger partial charge in [-0.2, -0.15) is 0 Å². The Balaban J connectivity index is 2.04. The average Bonchev–Trinajstić information content (AvgIpc) is 2.72. The zero-order valence-corrected chi connectivity index (χ0v) is 15.6. The van der Waals surface area contributed by atoms with Gasteiger partial charge < -0.3 is 10.2 Å². The van der Waals surface area contributed by atoms with E-state index >= 15 is 0 Å². The van der Waals surface area contributed by atoms with Gasteiger partial charge in [0.1, 0.15) is 11.5 Å². The van der Waals surface area contributed by atoms with Crippen molar-refractivity contribution in [2.75, 3.05) is 18.4 Å². The van der Waals surface area contributed by atoms with Gasteiger partial charge in [0.25, 0.3) is 5.91 Å². The molecular formula is C21H20F2N4O. The molecule has 0 aliphatic rings. The molecule has 0 unspecified atom stereocenters. The monoisotopic (exact) mass is 382 g/mol. The first kappa shape index (κ1) is 19.4. The van der Waals surface area contributed by atoms with Crippen LogP contribution in [0.1, 0.15) is 24.3 Å². The van der Waals surface area contributed by atoms with Crippen LogP contribution in [0.25, 0.3) is 11.4 Å². The van der Waals surface area contributed by atoms with Crippen LogP contribution < -0.4 is 5.32 Å². The molecule has 3 aromatic rings. The zero-order valence-electron chi connectivity index (χ0n) is 15.6. The molecule has 0 spiro atoms. The van der Waals surface area contributed by atoms with Gasteiger partial charge in [-0.1, -0.05) is 30.3 Å². The molecule has 1 heterocycles. The first-order chi connectivity index (χ1) is 13.5. The first-order valence-electron chi connectivity index (χ1n) is 8.97. The average molecular weight is 382 g/mol. The van der Waals surface area contributed by atoms with Crippen LogP contribution in [0.5, 0.6) is 0 Å². The number of nitrogens with one attached hydrogen (secondary N) is 1. The van der Waals surface area contributed by atoms with Gasteiger partial charge in [0.05, 0.1) is 0 Å². The van der Waals surface area contributed by atoms with Gasteiger partial charge in [0, 0.05) is 36.5 Å². The molecule has 0 aliphatic heterocycles. The van der Waals surface area contributed by atoms with E-state index in [-0.39, 0.29) is 11.6 Å². The molecule has 0 bridgehead atoms. The van der Waals surface area contributed by atoms with Gasteiger partial charge in [-0.05, 0) is 26.0 Å². The van der Waals surface area contributed by atoms with Crippen LogP contribution >= 0.6 is 0 Å². The van der Waals surface area contributed by atoms with E-state index in [1.54, 1.807) is 4.90 Å². The SMILES string of the molecule is CCN(CC)C(=O)c1cc(Nc2ccc(F)c(F)c2)nc(-c2ccccc2)n1. The van der Waals surface area contributed by atoms with Gasteiger partial charge in [-0.3, -0.25) is 4.79 Å². The van der Waals surface area contributed by atoms with Crippen LogP contribution in [-0.2, 0) is 0 Å². The summed E-state index contributed by atoms with van der Waals surface area (Å²) in [6.45, 7) is 4.88. The van der Waals surface area contributed by atoms with E-state index in [9.17, 15) is 13.6 Å². The molecule has 3 rings (SSSR count). The molecule has 5 nitrogen and oxygen atoms in total. The predicted octanol–water partition coefficient (Wildman–Crippen LogP) is 4.65. The predicted molar refractivity (Wildman–Crippen MR) is 104 cm³/mol. The van der Waals surface area contributed by atoms with Crippen molar-refractivity contribution in [3.63, 3.8) is 0 Å². The van der Waals surface area contributed by atoms with Gasteiger partial charge in [-0.25, -0.2) is 18.7 Å². The van der Waals surface area contributed by atoms with Crippen LogP contribution in [0.15, 0.2) is 54.6 Å². The largest absolute Gasteiger partial charge is 0.340 e. The summed E-state index contributed by atoms with van der Waals surface area (Å²) in [5.41, 5.74) is 1.28. The molecule has 0 atom stereocenters. The lowest BCUT2D eigenvalue weighted by Crippen LogP contribution is -2.31. The van der Waals surface area contributed by atoms with Crippen LogP contribution in [0.4, 0.5) is 20.3 Å². The number of nitrogens with zero attached hydrogens (tertiary/aromatic N) is 3. The normalized spacial score (nSPS) is 10.6. The fraction of sp³-hybridized carbons (Fsp3) is 0.190. The van der Waals surface area contributed by atoms with Crippen molar-refractivity contribution in [1.82, 2.24) is 14.9 Å². The van der Waals surface area contributed by atoms with Crippen LogP contribution in [0, 0.1) is 11.6 Å². The van der Waals surface area contributed by atoms with Crippen molar-refractivity contribution < 1.29 is 13.6 Å². The number of anilines is 2. The Labute approximate surface area is 162 Å². The molecule has 144 valence electrons. The number of halogens is 2. The third kappa shape index (κ3) is 4.31. The molecule has 7 heteroatoms. The number of amides is 1. The quantitative estimate of drug-likeness (QED) is 0.674. The second-order valence-electron chi connectivity index (χ2n) is 6.06. The first-order valence-corrected chi connectivity index (χ1v) is 8.97. The third-order valence-electron chi connectivity index (χ3n) is 4.22. The van der Waals surface area contributed by atoms with Gasteiger partial charge in [-0.15, -0.1) is 0 Å². The maximum Gasteiger partial charge on any atom is 0.272 e. The summed E-state index contributed by atoms with van der Waals surface area (Å²) in [4.78, 5) is 23.3. The van der Waals surface area contributed by atoms with E-state index < -0.39 is 11.6 Å². The standard InChI is InChI=1S/C21H20F2N4O/c1-3-27(4-2)21(28)18-13-19(24-15-10-11-16(22)17(23)12-15)26-20(25-18)14-8-6-5-7-9-14/h5-13H,3-4H2,1-2H3,(H,24,25,26). The Hall–Kier alpha value is -3.35. The smallest absolute Gasteiger partial charge is 0.272 e.